The summed E-state index contributed by atoms with van der Waals surface area (Å²) in [4.78, 5) is 0. The number of nitrogens with one attached hydrogen (secondary N) is 2. The van der Waals surface area contributed by atoms with Crippen LogP contribution in [0, 0.1) is 10.8 Å². The van der Waals surface area contributed by atoms with Crippen LogP contribution in [0.3, 0.4) is 0 Å². The number of nitrogens with zero attached hydrogens (tertiary/aromatic N) is 1. The Kier molecular flexibility index (Phi) is 3.80. The topological polar surface area (TPSA) is 61.9 Å². The van der Waals surface area contributed by atoms with Crippen molar-refractivity contribution in [1.82, 2.24) is 4.57 Å². The van der Waals surface area contributed by atoms with E-state index >= 15 is 0 Å². The highest BCUT2D eigenvalue weighted by atomic mass is 16.5. The average molecular weight is 401 g/mol. The summed E-state index contributed by atoms with van der Waals surface area (Å²) in [7, 11) is 0. The lowest BCUT2D eigenvalue weighted by Gasteiger charge is -2.12. The number of aromatic nitrogens is 1. The fourth-order valence-electron chi connectivity index (χ4n) is 4.58. The number of para-hydroxylation sites is 3. The lowest BCUT2D eigenvalue weighted by Crippen LogP contribution is -2.19. The van der Waals surface area contributed by atoms with Gasteiger partial charge in [-0.2, -0.15) is 0 Å². The highest BCUT2D eigenvalue weighted by Gasteiger charge is 2.34. The van der Waals surface area contributed by atoms with Crippen LogP contribution in [-0.4, -0.2) is 16.2 Å². The zero-order chi connectivity index (χ0) is 20.9. The molecule has 0 aliphatic carbocycles. The molecule has 31 heavy (non-hydrogen) atoms. The largest absolute Gasteiger partial charge is 0.442 e. The van der Waals surface area contributed by atoms with Gasteiger partial charge >= 0.3 is 0 Å². The molecule has 4 nitrogen and oxygen atoms in total. The number of benzene rings is 4. The smallest absolute Gasteiger partial charge is 0.201 e. The maximum atomic E-state index is 8.91. The van der Waals surface area contributed by atoms with Crippen molar-refractivity contribution in [1.29, 1.82) is 10.8 Å². The summed E-state index contributed by atoms with van der Waals surface area (Å²) in [6.45, 7) is 0. The molecule has 1 unspecified atom stereocenters. The second-order valence-electron chi connectivity index (χ2n) is 7.77. The van der Waals surface area contributed by atoms with E-state index < -0.39 is 5.92 Å². The summed E-state index contributed by atoms with van der Waals surface area (Å²) >= 11 is 0. The number of ether oxygens (including phenoxy) is 1. The molecule has 1 aliphatic heterocycles. The fourth-order valence-corrected chi connectivity index (χ4v) is 4.58. The molecule has 0 fully saturated rings. The molecule has 2 heterocycles. The molecule has 0 spiro atoms. The van der Waals surface area contributed by atoms with Crippen molar-refractivity contribution < 1.29 is 4.74 Å². The van der Waals surface area contributed by atoms with Gasteiger partial charge in [-0.1, -0.05) is 60.7 Å². The van der Waals surface area contributed by atoms with Crippen molar-refractivity contribution in [3.05, 3.63) is 108 Å². The third-order valence-corrected chi connectivity index (χ3v) is 6.00. The first kappa shape index (κ1) is 17.7. The molecule has 5 aromatic rings. The normalized spacial score (nSPS) is 15.2. The van der Waals surface area contributed by atoms with Crippen molar-refractivity contribution in [3.8, 4) is 11.4 Å². The minimum Gasteiger partial charge on any atom is -0.442 e. The Labute approximate surface area is 179 Å². The standard InChI is InChI=1S/C27H19N3O/c28-26(25-20-11-5-7-13-24(20)31-27(25)29)17-14-15-23-21(16-17)19-10-4-6-12-22(19)30(23)18-8-2-1-3-9-18/h1-16,25,28-29H. The highest BCUT2D eigenvalue weighted by Crippen LogP contribution is 2.38. The quantitative estimate of drug-likeness (QED) is 0.342. The van der Waals surface area contributed by atoms with Crippen LogP contribution in [-0.2, 0) is 0 Å². The van der Waals surface area contributed by atoms with Crippen LogP contribution in [0.25, 0.3) is 27.5 Å². The molecule has 1 atom stereocenters. The molecule has 148 valence electrons. The Hall–Kier alpha value is -4.18. The first-order valence-electron chi connectivity index (χ1n) is 10.2. The first-order valence-corrected chi connectivity index (χ1v) is 10.2. The molecule has 0 bridgehead atoms. The first-order chi connectivity index (χ1) is 15.2. The number of hydrogen-bond acceptors (Lipinski definition) is 3. The Balaban J connectivity index is 1.54. The Bertz CT molecular complexity index is 1500. The second-order valence-corrected chi connectivity index (χ2v) is 7.77. The molecular formula is C27H19N3O. The van der Waals surface area contributed by atoms with E-state index in [1.807, 2.05) is 54.6 Å². The van der Waals surface area contributed by atoms with E-state index in [2.05, 4.69) is 47.0 Å². The number of rotatable bonds is 3. The van der Waals surface area contributed by atoms with Gasteiger partial charge in [-0.15, -0.1) is 0 Å². The van der Waals surface area contributed by atoms with Crippen LogP contribution in [0.5, 0.6) is 5.75 Å². The van der Waals surface area contributed by atoms with Crippen molar-refractivity contribution >= 4 is 33.4 Å². The zero-order valence-corrected chi connectivity index (χ0v) is 16.7. The van der Waals surface area contributed by atoms with Gasteiger partial charge in [0, 0.05) is 22.0 Å². The predicted octanol–water partition coefficient (Wildman–Crippen LogP) is 6.31. The van der Waals surface area contributed by atoms with E-state index in [1.54, 1.807) is 0 Å². The second kappa shape index (κ2) is 6.67. The summed E-state index contributed by atoms with van der Waals surface area (Å²) in [5.74, 6) is 0.304. The molecule has 4 heteroatoms. The van der Waals surface area contributed by atoms with Crippen molar-refractivity contribution in [2.24, 2.45) is 0 Å². The average Bonchev–Trinajstić information content (AvgIpc) is 3.33. The van der Waals surface area contributed by atoms with Crippen LogP contribution in [0.2, 0.25) is 0 Å². The Morgan fingerprint density at radius 3 is 2.32 bits per heavy atom. The number of hydrogen-bond donors (Lipinski definition) is 2. The van der Waals surface area contributed by atoms with Gasteiger partial charge in [-0.25, -0.2) is 0 Å². The summed E-state index contributed by atoms with van der Waals surface area (Å²) < 4.78 is 7.88. The van der Waals surface area contributed by atoms with Gasteiger partial charge in [-0.05, 0) is 42.0 Å². The Morgan fingerprint density at radius 2 is 1.45 bits per heavy atom. The van der Waals surface area contributed by atoms with Crippen LogP contribution in [0.4, 0.5) is 0 Å². The van der Waals surface area contributed by atoms with Gasteiger partial charge in [0.1, 0.15) is 11.7 Å². The fraction of sp³-hybridized carbons (Fsp3) is 0.0370. The van der Waals surface area contributed by atoms with Crippen molar-refractivity contribution in [3.63, 3.8) is 0 Å². The summed E-state index contributed by atoms with van der Waals surface area (Å²) in [5.41, 5.74) is 5.41. The summed E-state index contributed by atoms with van der Waals surface area (Å²) in [6, 6.07) is 32.4. The summed E-state index contributed by atoms with van der Waals surface area (Å²) in [5, 5.41) is 19.5. The predicted molar refractivity (Wildman–Crippen MR) is 125 cm³/mol. The SMILES string of the molecule is N=C1Oc2ccccc2C1C(=N)c1ccc2c(c1)c1ccccc1n2-c1ccccc1. The van der Waals surface area contributed by atoms with Crippen LogP contribution in [0.1, 0.15) is 17.0 Å². The maximum Gasteiger partial charge on any atom is 0.201 e. The van der Waals surface area contributed by atoms with Crippen LogP contribution < -0.4 is 4.74 Å². The van der Waals surface area contributed by atoms with Gasteiger partial charge in [0.2, 0.25) is 5.90 Å². The molecule has 1 aromatic heterocycles. The highest BCUT2D eigenvalue weighted by molar-refractivity contribution is 6.19. The maximum absolute atomic E-state index is 8.91. The van der Waals surface area contributed by atoms with Gasteiger partial charge in [0.05, 0.1) is 16.7 Å². The lowest BCUT2D eigenvalue weighted by atomic mass is 9.90. The Morgan fingerprint density at radius 1 is 0.742 bits per heavy atom. The van der Waals surface area contributed by atoms with Gasteiger partial charge < -0.3 is 14.7 Å². The van der Waals surface area contributed by atoms with Crippen molar-refractivity contribution in [2.75, 3.05) is 0 Å². The third kappa shape index (κ3) is 2.62. The van der Waals surface area contributed by atoms with Gasteiger partial charge in [-0.3, -0.25) is 5.41 Å². The van der Waals surface area contributed by atoms with E-state index in [1.165, 1.54) is 0 Å². The minimum absolute atomic E-state index is 0.109. The third-order valence-electron chi connectivity index (χ3n) is 6.00. The molecule has 0 saturated heterocycles. The lowest BCUT2D eigenvalue weighted by molar-refractivity contribution is 0.558. The number of fused-ring (bicyclic) bond motifs is 4. The molecule has 2 N–H and O–H groups in total. The van der Waals surface area contributed by atoms with E-state index in [4.69, 9.17) is 15.6 Å². The molecule has 0 amide bonds. The molecular weight excluding hydrogens is 382 g/mol. The zero-order valence-electron chi connectivity index (χ0n) is 16.7. The van der Waals surface area contributed by atoms with Gasteiger partial charge in [0.25, 0.3) is 0 Å². The molecule has 6 rings (SSSR count). The van der Waals surface area contributed by atoms with E-state index in [-0.39, 0.29) is 5.90 Å². The molecule has 0 saturated carbocycles. The van der Waals surface area contributed by atoms with Gasteiger partial charge in [0.15, 0.2) is 0 Å². The van der Waals surface area contributed by atoms with E-state index in [0.717, 1.165) is 38.6 Å². The van der Waals surface area contributed by atoms with Crippen molar-refractivity contribution in [2.45, 2.75) is 5.92 Å². The van der Waals surface area contributed by atoms with E-state index in [9.17, 15) is 0 Å². The minimum atomic E-state index is -0.476. The molecule has 1 aliphatic rings. The van der Waals surface area contributed by atoms with E-state index in [0.29, 0.717) is 11.5 Å². The molecule has 0 radical (unpaired) electrons. The van der Waals surface area contributed by atoms with Crippen LogP contribution in [0.15, 0.2) is 97.1 Å². The molecule has 4 aromatic carbocycles. The monoisotopic (exact) mass is 401 g/mol. The van der Waals surface area contributed by atoms with Crippen LogP contribution >= 0.6 is 0 Å². The summed E-state index contributed by atoms with van der Waals surface area (Å²) in [6.07, 6.45) is 0.